The maximum Gasteiger partial charge on any atom is 0.244 e. The molecule has 0 aliphatic carbocycles. The Labute approximate surface area is 139 Å². The molecule has 0 N–H and O–H groups in total. The average Bonchev–Trinajstić information content (AvgIpc) is 2.85. The van der Waals surface area contributed by atoms with E-state index in [0.717, 1.165) is 5.56 Å². The fraction of sp³-hybridized carbons (Fsp3) is 0.588. The molecule has 0 saturated carbocycles. The molecule has 1 heterocycles. The molecular weight excluding hydrogens is 312 g/mol. The van der Waals surface area contributed by atoms with Crippen molar-refractivity contribution in [2.45, 2.75) is 58.1 Å². The fourth-order valence-electron chi connectivity index (χ4n) is 3.17. The molecule has 1 aliphatic heterocycles. The third kappa shape index (κ3) is 3.28. The molecular formula is C17H26N2O3S. The standard InChI is InChI=1S/C17H26N2O3S/c1-6-16(20)19-14(5)11-18(17(19)12(2)3)23(21,22)15-9-7-13(4)8-10-15/h7-10,12,14,17H,6,11H2,1-5H3. The zero-order chi connectivity index (χ0) is 17.4. The van der Waals surface area contributed by atoms with E-state index in [1.807, 2.05) is 34.6 Å². The molecule has 23 heavy (non-hydrogen) atoms. The molecule has 1 amide bonds. The summed E-state index contributed by atoms with van der Waals surface area (Å²) < 4.78 is 27.6. The SMILES string of the molecule is CCC(=O)N1C(C)CN(S(=O)(=O)c2ccc(C)cc2)C1C(C)C. The predicted octanol–water partition coefficient (Wildman–Crippen LogP) is 2.61. The Morgan fingerprint density at radius 3 is 2.30 bits per heavy atom. The van der Waals surface area contributed by atoms with Crippen molar-refractivity contribution in [3.8, 4) is 0 Å². The predicted molar refractivity (Wildman–Crippen MR) is 90.3 cm³/mol. The fourth-order valence-corrected chi connectivity index (χ4v) is 4.96. The van der Waals surface area contributed by atoms with Gasteiger partial charge in [-0.05, 0) is 31.9 Å². The lowest BCUT2D eigenvalue weighted by atomic mass is 10.1. The summed E-state index contributed by atoms with van der Waals surface area (Å²) in [7, 11) is -3.62. The van der Waals surface area contributed by atoms with Crippen LogP contribution in [0, 0.1) is 12.8 Å². The molecule has 1 saturated heterocycles. The van der Waals surface area contributed by atoms with Gasteiger partial charge in [0.1, 0.15) is 6.17 Å². The minimum absolute atomic E-state index is 0.00203. The molecule has 0 aromatic heterocycles. The van der Waals surface area contributed by atoms with Crippen LogP contribution in [0.3, 0.4) is 0 Å². The minimum atomic E-state index is -3.62. The summed E-state index contributed by atoms with van der Waals surface area (Å²) in [6, 6.07) is 6.75. The zero-order valence-electron chi connectivity index (χ0n) is 14.5. The van der Waals surface area contributed by atoms with E-state index in [9.17, 15) is 13.2 Å². The second-order valence-corrected chi connectivity index (χ2v) is 8.44. The Bertz CT molecular complexity index is 668. The molecule has 6 heteroatoms. The van der Waals surface area contributed by atoms with Crippen LogP contribution in [0.15, 0.2) is 29.2 Å². The van der Waals surface area contributed by atoms with Crippen LogP contribution in [0.5, 0.6) is 0 Å². The van der Waals surface area contributed by atoms with Crippen LogP contribution < -0.4 is 0 Å². The topological polar surface area (TPSA) is 57.7 Å². The molecule has 2 rings (SSSR count). The van der Waals surface area contributed by atoms with Crippen molar-refractivity contribution in [3.63, 3.8) is 0 Å². The number of benzene rings is 1. The summed E-state index contributed by atoms with van der Waals surface area (Å²) >= 11 is 0. The highest BCUT2D eigenvalue weighted by molar-refractivity contribution is 7.89. The largest absolute Gasteiger partial charge is 0.322 e. The normalized spacial score (nSPS) is 22.8. The summed E-state index contributed by atoms with van der Waals surface area (Å²) in [4.78, 5) is 14.3. The number of carbonyl (C=O) groups excluding carboxylic acids is 1. The zero-order valence-corrected chi connectivity index (χ0v) is 15.3. The number of amides is 1. The van der Waals surface area contributed by atoms with E-state index >= 15 is 0 Å². The second kappa shape index (κ2) is 6.61. The smallest absolute Gasteiger partial charge is 0.244 e. The molecule has 1 aromatic rings. The first-order valence-corrected chi connectivity index (χ1v) is 9.53. The lowest BCUT2D eigenvalue weighted by Crippen LogP contribution is -2.48. The van der Waals surface area contributed by atoms with Gasteiger partial charge in [0, 0.05) is 19.0 Å². The molecule has 5 nitrogen and oxygen atoms in total. The molecule has 0 spiro atoms. The Hall–Kier alpha value is -1.40. The Morgan fingerprint density at radius 1 is 1.26 bits per heavy atom. The van der Waals surface area contributed by atoms with E-state index in [-0.39, 0.29) is 22.8 Å². The monoisotopic (exact) mass is 338 g/mol. The lowest BCUT2D eigenvalue weighted by molar-refractivity contribution is -0.135. The maximum atomic E-state index is 13.1. The van der Waals surface area contributed by atoms with Crippen molar-refractivity contribution in [3.05, 3.63) is 29.8 Å². The second-order valence-electron chi connectivity index (χ2n) is 6.55. The molecule has 1 aliphatic rings. The van der Waals surface area contributed by atoms with Crippen LogP contribution in [0.4, 0.5) is 0 Å². The van der Waals surface area contributed by atoms with E-state index in [4.69, 9.17) is 0 Å². The highest BCUT2D eigenvalue weighted by Gasteiger charge is 2.46. The summed E-state index contributed by atoms with van der Waals surface area (Å²) in [6.07, 6.45) is -0.0461. The first-order valence-electron chi connectivity index (χ1n) is 8.09. The van der Waals surface area contributed by atoms with Crippen LogP contribution in [0.1, 0.15) is 39.7 Å². The number of hydrogen-bond donors (Lipinski definition) is 0. The van der Waals surface area contributed by atoms with E-state index in [1.54, 1.807) is 29.2 Å². The summed E-state index contributed by atoms with van der Waals surface area (Å²) in [5.41, 5.74) is 1.02. The van der Waals surface area contributed by atoms with Gasteiger partial charge in [-0.3, -0.25) is 4.79 Å². The van der Waals surface area contributed by atoms with Gasteiger partial charge in [0.25, 0.3) is 0 Å². The van der Waals surface area contributed by atoms with E-state index in [0.29, 0.717) is 13.0 Å². The van der Waals surface area contributed by atoms with Crippen LogP contribution in [-0.2, 0) is 14.8 Å². The quantitative estimate of drug-likeness (QED) is 0.848. The van der Waals surface area contributed by atoms with Crippen molar-refractivity contribution in [2.24, 2.45) is 5.92 Å². The third-order valence-electron chi connectivity index (χ3n) is 4.31. The summed E-state index contributed by atoms with van der Waals surface area (Å²) in [5.74, 6) is 0.0217. The lowest BCUT2D eigenvalue weighted by Gasteiger charge is -2.33. The molecule has 2 unspecified atom stereocenters. The highest BCUT2D eigenvalue weighted by Crippen LogP contribution is 2.32. The molecule has 0 bridgehead atoms. The minimum Gasteiger partial charge on any atom is -0.322 e. The van der Waals surface area contributed by atoms with Crippen LogP contribution in [0.2, 0.25) is 0 Å². The van der Waals surface area contributed by atoms with Gasteiger partial charge in [-0.15, -0.1) is 0 Å². The molecule has 128 valence electrons. The van der Waals surface area contributed by atoms with Crippen molar-refractivity contribution >= 4 is 15.9 Å². The number of rotatable bonds is 4. The number of sulfonamides is 1. The van der Waals surface area contributed by atoms with Gasteiger partial charge in [0.15, 0.2) is 0 Å². The summed E-state index contributed by atoms with van der Waals surface area (Å²) in [6.45, 7) is 9.89. The van der Waals surface area contributed by atoms with Crippen LogP contribution in [0.25, 0.3) is 0 Å². The average molecular weight is 338 g/mol. The number of hydrogen-bond acceptors (Lipinski definition) is 3. The molecule has 1 aromatic carbocycles. The third-order valence-corrected chi connectivity index (χ3v) is 6.16. The highest BCUT2D eigenvalue weighted by atomic mass is 32.2. The first kappa shape index (κ1) is 17.9. The molecule has 2 atom stereocenters. The van der Waals surface area contributed by atoms with Gasteiger partial charge in [0.2, 0.25) is 15.9 Å². The van der Waals surface area contributed by atoms with Gasteiger partial charge in [0.05, 0.1) is 4.90 Å². The number of aryl methyl sites for hydroxylation is 1. The number of carbonyl (C=O) groups is 1. The number of nitrogens with zero attached hydrogens (tertiary/aromatic N) is 2. The summed E-state index contributed by atoms with van der Waals surface area (Å²) in [5, 5.41) is 0. The van der Waals surface area contributed by atoms with Crippen molar-refractivity contribution in [1.82, 2.24) is 9.21 Å². The molecule has 0 radical (unpaired) electrons. The van der Waals surface area contributed by atoms with E-state index in [1.165, 1.54) is 4.31 Å². The van der Waals surface area contributed by atoms with Crippen LogP contribution >= 0.6 is 0 Å². The van der Waals surface area contributed by atoms with Crippen molar-refractivity contribution in [2.75, 3.05) is 6.54 Å². The Balaban J connectivity index is 2.44. The van der Waals surface area contributed by atoms with Gasteiger partial charge in [-0.2, -0.15) is 4.31 Å². The van der Waals surface area contributed by atoms with Gasteiger partial charge < -0.3 is 4.90 Å². The first-order chi connectivity index (χ1) is 10.7. The Kier molecular flexibility index (Phi) is 5.16. The van der Waals surface area contributed by atoms with Crippen LogP contribution in [-0.4, -0.2) is 42.3 Å². The van der Waals surface area contributed by atoms with Gasteiger partial charge in [-0.25, -0.2) is 8.42 Å². The van der Waals surface area contributed by atoms with Crippen molar-refractivity contribution in [1.29, 1.82) is 0 Å². The van der Waals surface area contributed by atoms with E-state index < -0.39 is 16.2 Å². The van der Waals surface area contributed by atoms with E-state index in [2.05, 4.69) is 0 Å². The van der Waals surface area contributed by atoms with Gasteiger partial charge in [-0.1, -0.05) is 38.5 Å². The maximum absolute atomic E-state index is 13.1. The molecule has 1 fully saturated rings. The Morgan fingerprint density at radius 2 is 1.83 bits per heavy atom. The van der Waals surface area contributed by atoms with Gasteiger partial charge >= 0.3 is 0 Å². The van der Waals surface area contributed by atoms with Crippen molar-refractivity contribution < 1.29 is 13.2 Å².